The minimum Gasteiger partial charge on any atom is -0.244 e. The molecule has 0 heterocycles. The second-order valence-electron chi connectivity index (χ2n) is 3.04. The summed E-state index contributed by atoms with van der Waals surface area (Å²) < 4.78 is 21.3. The van der Waals surface area contributed by atoms with Crippen molar-refractivity contribution in [2.75, 3.05) is 12.8 Å². The predicted octanol–water partition coefficient (Wildman–Crippen LogP) is 0.283. The van der Waals surface area contributed by atoms with E-state index in [4.69, 9.17) is 0 Å². The summed E-state index contributed by atoms with van der Waals surface area (Å²) in [6, 6.07) is 9.87. The van der Waals surface area contributed by atoms with Crippen LogP contribution in [0.4, 0.5) is 0 Å². The van der Waals surface area contributed by atoms with Gasteiger partial charge in [-0.25, -0.2) is 13.8 Å². The third-order valence-electron chi connectivity index (χ3n) is 1.64. The first-order chi connectivity index (χ1) is 6.58. The Bertz CT molecular complexity index is 362. The maximum absolute atomic E-state index is 10.7. The molecule has 0 spiro atoms. The van der Waals surface area contributed by atoms with Crippen molar-refractivity contribution in [3.05, 3.63) is 35.9 Å². The lowest BCUT2D eigenvalue weighted by Gasteiger charge is -2.04. The zero-order valence-corrected chi connectivity index (χ0v) is 8.84. The molecule has 0 unspecified atom stereocenters. The maximum Gasteiger partial charge on any atom is 0.221 e. The Kier molecular flexibility index (Phi) is 4.06. The minimum absolute atomic E-state index is 0.580. The number of nitrogens with one attached hydrogen (secondary N) is 2. The quantitative estimate of drug-likeness (QED) is 0.547. The van der Waals surface area contributed by atoms with Crippen LogP contribution >= 0.6 is 0 Å². The van der Waals surface area contributed by atoms with Crippen molar-refractivity contribution >= 4 is 10.0 Å². The molecule has 1 aromatic rings. The molecule has 2 N–H and O–H groups in total. The third kappa shape index (κ3) is 4.96. The number of hydrogen-bond acceptors (Lipinski definition) is 3. The smallest absolute Gasteiger partial charge is 0.221 e. The Morgan fingerprint density at radius 1 is 1.21 bits per heavy atom. The third-order valence-corrected chi connectivity index (χ3v) is 2.15. The Morgan fingerprint density at radius 2 is 1.86 bits per heavy atom. The molecule has 0 aliphatic rings. The number of hydrazine groups is 1. The average molecular weight is 214 g/mol. The van der Waals surface area contributed by atoms with Gasteiger partial charge in [0.15, 0.2) is 0 Å². The Morgan fingerprint density at radius 3 is 2.43 bits per heavy atom. The van der Waals surface area contributed by atoms with Gasteiger partial charge in [0.1, 0.15) is 0 Å². The normalized spacial score (nSPS) is 11.5. The van der Waals surface area contributed by atoms with Crippen molar-refractivity contribution in [2.24, 2.45) is 0 Å². The fourth-order valence-corrected chi connectivity index (χ4v) is 1.40. The molecule has 1 rings (SSSR count). The van der Waals surface area contributed by atoms with Gasteiger partial charge in [0, 0.05) is 6.54 Å². The molecule has 4 nitrogen and oxygen atoms in total. The van der Waals surface area contributed by atoms with Gasteiger partial charge in [0.25, 0.3) is 0 Å². The molecule has 1 aromatic carbocycles. The molecular weight excluding hydrogens is 200 g/mol. The second kappa shape index (κ2) is 5.09. The molecule has 5 heteroatoms. The Labute approximate surface area is 84.4 Å². The van der Waals surface area contributed by atoms with Gasteiger partial charge in [-0.1, -0.05) is 30.3 Å². The number of sulfonamides is 1. The summed E-state index contributed by atoms with van der Waals surface area (Å²) in [4.78, 5) is 2.21. The number of hydrogen-bond donors (Lipinski definition) is 2. The van der Waals surface area contributed by atoms with Gasteiger partial charge in [0.05, 0.1) is 6.26 Å². The highest BCUT2D eigenvalue weighted by Crippen LogP contribution is 1.97. The van der Waals surface area contributed by atoms with E-state index in [2.05, 4.69) is 10.3 Å². The van der Waals surface area contributed by atoms with Crippen LogP contribution < -0.4 is 10.3 Å². The monoisotopic (exact) mass is 214 g/mol. The fraction of sp³-hybridized carbons (Fsp3) is 0.333. The first kappa shape index (κ1) is 11.2. The van der Waals surface area contributed by atoms with Crippen molar-refractivity contribution in [1.82, 2.24) is 10.3 Å². The van der Waals surface area contributed by atoms with E-state index in [9.17, 15) is 8.42 Å². The largest absolute Gasteiger partial charge is 0.244 e. The van der Waals surface area contributed by atoms with E-state index in [0.717, 1.165) is 12.7 Å². The highest BCUT2D eigenvalue weighted by Gasteiger charge is 1.97. The van der Waals surface area contributed by atoms with E-state index in [1.54, 1.807) is 0 Å². The molecule has 0 bridgehead atoms. The Hall–Kier alpha value is -0.910. The van der Waals surface area contributed by atoms with E-state index in [1.165, 1.54) is 5.56 Å². The zero-order chi connectivity index (χ0) is 10.4. The topological polar surface area (TPSA) is 58.2 Å². The van der Waals surface area contributed by atoms with E-state index in [-0.39, 0.29) is 0 Å². The number of rotatable bonds is 5. The van der Waals surface area contributed by atoms with Gasteiger partial charge >= 0.3 is 0 Å². The van der Waals surface area contributed by atoms with Gasteiger partial charge in [-0.2, -0.15) is 4.83 Å². The van der Waals surface area contributed by atoms with Crippen LogP contribution in [0.1, 0.15) is 5.56 Å². The molecule has 0 saturated heterocycles. The number of benzene rings is 1. The summed E-state index contributed by atoms with van der Waals surface area (Å²) >= 11 is 0. The van der Waals surface area contributed by atoms with Gasteiger partial charge in [-0.15, -0.1) is 0 Å². The van der Waals surface area contributed by atoms with E-state index < -0.39 is 10.0 Å². The van der Waals surface area contributed by atoms with Gasteiger partial charge < -0.3 is 0 Å². The predicted molar refractivity (Wildman–Crippen MR) is 56.1 cm³/mol. The van der Waals surface area contributed by atoms with E-state index in [1.807, 2.05) is 30.3 Å². The zero-order valence-electron chi connectivity index (χ0n) is 8.03. The highest BCUT2D eigenvalue weighted by molar-refractivity contribution is 7.88. The average Bonchev–Trinajstić information content (AvgIpc) is 2.13. The van der Waals surface area contributed by atoms with E-state index >= 15 is 0 Å². The van der Waals surface area contributed by atoms with Crippen LogP contribution in [0.25, 0.3) is 0 Å². The van der Waals surface area contributed by atoms with Crippen molar-refractivity contribution in [1.29, 1.82) is 0 Å². The van der Waals surface area contributed by atoms with Crippen molar-refractivity contribution in [2.45, 2.75) is 6.42 Å². The summed E-state index contributed by atoms with van der Waals surface area (Å²) in [6.45, 7) is 0.580. The lowest BCUT2D eigenvalue weighted by Crippen LogP contribution is -2.37. The molecule has 0 aromatic heterocycles. The van der Waals surface area contributed by atoms with Crippen LogP contribution in [0.3, 0.4) is 0 Å². The van der Waals surface area contributed by atoms with Gasteiger partial charge in [0.2, 0.25) is 10.0 Å². The molecule has 14 heavy (non-hydrogen) atoms. The summed E-state index contributed by atoms with van der Waals surface area (Å²) in [5.41, 5.74) is 3.81. The first-order valence-corrected chi connectivity index (χ1v) is 6.20. The van der Waals surface area contributed by atoms with Crippen LogP contribution in [0.5, 0.6) is 0 Å². The molecule has 0 amide bonds. The lowest BCUT2D eigenvalue weighted by molar-refractivity contribution is 0.561. The fourth-order valence-electron chi connectivity index (χ4n) is 1.03. The van der Waals surface area contributed by atoms with E-state index in [0.29, 0.717) is 6.54 Å². The van der Waals surface area contributed by atoms with Gasteiger partial charge in [-0.05, 0) is 12.0 Å². The highest BCUT2D eigenvalue weighted by atomic mass is 32.2. The van der Waals surface area contributed by atoms with Crippen LogP contribution in [0.2, 0.25) is 0 Å². The molecule has 0 aliphatic heterocycles. The first-order valence-electron chi connectivity index (χ1n) is 4.31. The minimum atomic E-state index is -3.14. The molecule has 0 radical (unpaired) electrons. The van der Waals surface area contributed by atoms with Crippen molar-refractivity contribution in [3.63, 3.8) is 0 Å². The molecular formula is C9H14N2O2S. The second-order valence-corrected chi connectivity index (χ2v) is 4.79. The van der Waals surface area contributed by atoms with Crippen LogP contribution in [-0.4, -0.2) is 21.2 Å². The van der Waals surface area contributed by atoms with Crippen molar-refractivity contribution in [3.8, 4) is 0 Å². The molecule has 0 fully saturated rings. The van der Waals surface area contributed by atoms with Crippen LogP contribution in [0, 0.1) is 0 Å². The van der Waals surface area contributed by atoms with Gasteiger partial charge in [-0.3, -0.25) is 0 Å². The van der Waals surface area contributed by atoms with Crippen LogP contribution in [-0.2, 0) is 16.4 Å². The molecule has 0 aliphatic carbocycles. The van der Waals surface area contributed by atoms with Crippen molar-refractivity contribution < 1.29 is 8.42 Å². The maximum atomic E-state index is 10.7. The molecule has 0 saturated carbocycles. The SMILES string of the molecule is CS(=O)(=O)NNCCc1ccccc1. The van der Waals surface area contributed by atoms with Crippen LogP contribution in [0.15, 0.2) is 30.3 Å². The summed E-state index contributed by atoms with van der Waals surface area (Å²) in [7, 11) is -3.14. The Balaban J connectivity index is 2.23. The summed E-state index contributed by atoms with van der Waals surface area (Å²) in [5, 5.41) is 0. The summed E-state index contributed by atoms with van der Waals surface area (Å²) in [6.07, 6.45) is 1.91. The molecule has 0 atom stereocenters. The standard InChI is InChI=1S/C9H14N2O2S/c1-14(12,13)11-10-8-7-9-5-3-2-4-6-9/h2-6,10-11H,7-8H2,1H3. The summed E-state index contributed by atoms with van der Waals surface area (Å²) in [5.74, 6) is 0. The molecule has 78 valence electrons. The lowest BCUT2D eigenvalue weighted by atomic mass is 10.2.